The number of nitrogens with zero attached hydrogens (tertiary/aromatic N) is 2. The van der Waals surface area contributed by atoms with Crippen LogP contribution in [0.3, 0.4) is 0 Å². The van der Waals surface area contributed by atoms with E-state index in [1.54, 1.807) is 17.6 Å². The molecule has 1 heterocycles. The average molecular weight is 188 g/mol. The molecule has 1 aromatic heterocycles. The van der Waals surface area contributed by atoms with Gasteiger partial charge in [0.1, 0.15) is 5.01 Å². The lowest BCUT2D eigenvalue weighted by atomic mass is 10.3. The minimum absolute atomic E-state index is 0.918. The molecule has 2 nitrogen and oxygen atoms in total. The maximum Gasteiger partial charge on any atom is 0.135 e. The molecule has 0 aliphatic carbocycles. The van der Waals surface area contributed by atoms with E-state index in [0.717, 1.165) is 10.5 Å². The Balaban J connectivity index is 2.49. The molecule has 2 rings (SSSR count). The molecule has 0 bridgehead atoms. The molecule has 64 valence electrons. The molecule has 2 aromatic rings. The van der Waals surface area contributed by atoms with Gasteiger partial charge >= 0.3 is 0 Å². The maximum atomic E-state index is 4.37. The Hall–Kier alpha value is -1.48. The molecule has 0 atom stereocenters. The van der Waals surface area contributed by atoms with Crippen molar-refractivity contribution in [3.05, 3.63) is 42.1 Å². The van der Waals surface area contributed by atoms with Crippen LogP contribution in [-0.4, -0.2) is 11.2 Å². The molecular formula is C10H8N2S. The van der Waals surface area contributed by atoms with Gasteiger partial charge in [0, 0.05) is 6.20 Å². The van der Waals surface area contributed by atoms with Crippen LogP contribution in [0.25, 0.3) is 10.2 Å². The number of aliphatic imine (C=N–C) groups is 1. The molecule has 0 N–H and O–H groups in total. The third kappa shape index (κ3) is 1.65. The van der Waals surface area contributed by atoms with Gasteiger partial charge in [0.15, 0.2) is 0 Å². The molecule has 13 heavy (non-hydrogen) atoms. The molecule has 1 aromatic carbocycles. The van der Waals surface area contributed by atoms with E-state index >= 15 is 0 Å². The van der Waals surface area contributed by atoms with E-state index in [0.29, 0.717) is 0 Å². The zero-order valence-electron chi connectivity index (χ0n) is 6.97. The van der Waals surface area contributed by atoms with Crippen LogP contribution in [0, 0.1) is 0 Å². The largest absolute Gasteiger partial charge is 0.262 e. The molecule has 0 saturated heterocycles. The van der Waals surface area contributed by atoms with E-state index in [4.69, 9.17) is 0 Å². The second-order valence-electron chi connectivity index (χ2n) is 2.48. The first kappa shape index (κ1) is 8.13. The third-order valence-electron chi connectivity index (χ3n) is 1.60. The molecule has 0 saturated carbocycles. The van der Waals surface area contributed by atoms with Crippen molar-refractivity contribution in [1.82, 2.24) is 4.98 Å². The lowest BCUT2D eigenvalue weighted by Gasteiger charge is -1.80. The van der Waals surface area contributed by atoms with Crippen LogP contribution in [0.5, 0.6) is 0 Å². The average Bonchev–Trinajstić information content (AvgIpc) is 2.57. The number of hydrogen-bond donors (Lipinski definition) is 0. The molecule has 3 heteroatoms. The van der Waals surface area contributed by atoms with Gasteiger partial charge in [0.2, 0.25) is 0 Å². The predicted molar refractivity (Wildman–Crippen MR) is 57.4 cm³/mol. The topological polar surface area (TPSA) is 25.2 Å². The van der Waals surface area contributed by atoms with Gasteiger partial charge in [0.05, 0.1) is 16.4 Å². The zero-order valence-corrected chi connectivity index (χ0v) is 7.79. The second kappa shape index (κ2) is 3.49. The highest BCUT2D eigenvalue weighted by Crippen LogP contribution is 2.19. The Morgan fingerprint density at radius 3 is 3.00 bits per heavy atom. The van der Waals surface area contributed by atoms with E-state index in [9.17, 15) is 0 Å². The van der Waals surface area contributed by atoms with E-state index in [1.165, 1.54) is 10.9 Å². The molecule has 0 amide bonds. The maximum absolute atomic E-state index is 4.37. The van der Waals surface area contributed by atoms with Crippen LogP contribution in [0.1, 0.15) is 5.01 Å². The van der Waals surface area contributed by atoms with Crippen LogP contribution >= 0.6 is 11.3 Å². The van der Waals surface area contributed by atoms with Crippen molar-refractivity contribution >= 4 is 27.8 Å². The summed E-state index contributed by atoms with van der Waals surface area (Å²) in [4.78, 5) is 8.30. The number of rotatable bonds is 2. The van der Waals surface area contributed by atoms with Crippen molar-refractivity contribution in [3.8, 4) is 0 Å². The fraction of sp³-hybridized carbons (Fsp3) is 0. The Kier molecular flexibility index (Phi) is 2.19. The summed E-state index contributed by atoms with van der Waals surface area (Å²) >= 11 is 1.63. The molecule has 0 spiro atoms. The summed E-state index contributed by atoms with van der Waals surface area (Å²) < 4.78 is 1.19. The third-order valence-corrected chi connectivity index (χ3v) is 2.57. The van der Waals surface area contributed by atoms with Crippen molar-refractivity contribution in [2.24, 2.45) is 4.99 Å². The first-order chi connectivity index (χ1) is 6.40. The van der Waals surface area contributed by atoms with E-state index in [-0.39, 0.29) is 0 Å². The first-order valence-corrected chi connectivity index (χ1v) is 4.71. The first-order valence-electron chi connectivity index (χ1n) is 3.90. The smallest absolute Gasteiger partial charge is 0.135 e. The van der Waals surface area contributed by atoms with Crippen molar-refractivity contribution in [1.29, 1.82) is 0 Å². The summed E-state index contributed by atoms with van der Waals surface area (Å²) in [6.07, 6.45) is 3.23. The van der Waals surface area contributed by atoms with Crippen LogP contribution in [0.4, 0.5) is 0 Å². The summed E-state index contributed by atoms with van der Waals surface area (Å²) in [7, 11) is 0. The van der Waals surface area contributed by atoms with E-state index < -0.39 is 0 Å². The van der Waals surface area contributed by atoms with Gasteiger partial charge in [-0.05, 0) is 12.1 Å². The number of thiazole rings is 1. The monoisotopic (exact) mass is 188 g/mol. The number of aromatic nitrogens is 1. The van der Waals surface area contributed by atoms with Crippen LogP contribution < -0.4 is 0 Å². The Morgan fingerprint density at radius 1 is 1.38 bits per heavy atom. The number of benzene rings is 1. The lowest BCUT2D eigenvalue weighted by Crippen LogP contribution is -1.74. The van der Waals surface area contributed by atoms with Crippen molar-refractivity contribution in [2.45, 2.75) is 0 Å². The van der Waals surface area contributed by atoms with Gasteiger partial charge in [0.25, 0.3) is 0 Å². The Morgan fingerprint density at radius 2 is 2.23 bits per heavy atom. The van der Waals surface area contributed by atoms with E-state index in [2.05, 4.69) is 22.6 Å². The molecule has 0 unspecified atom stereocenters. The van der Waals surface area contributed by atoms with E-state index in [1.807, 2.05) is 18.2 Å². The fourth-order valence-corrected chi connectivity index (χ4v) is 1.91. The lowest BCUT2D eigenvalue weighted by molar-refractivity contribution is 1.46. The molecular weight excluding hydrogens is 180 g/mol. The van der Waals surface area contributed by atoms with Gasteiger partial charge < -0.3 is 0 Å². The SMILES string of the molecule is C=CN=Cc1nc2ccccc2s1. The van der Waals surface area contributed by atoms with Gasteiger partial charge in [-0.3, -0.25) is 4.99 Å². The standard InChI is InChI=1S/C10H8N2S/c1-2-11-7-10-12-8-5-3-4-6-9(8)13-10/h2-7H,1H2. The van der Waals surface area contributed by atoms with Gasteiger partial charge in [-0.2, -0.15) is 0 Å². The molecule has 0 aliphatic heterocycles. The highest BCUT2D eigenvalue weighted by atomic mass is 32.1. The number of hydrogen-bond acceptors (Lipinski definition) is 3. The second-order valence-corrected chi connectivity index (χ2v) is 3.54. The minimum atomic E-state index is 0.918. The van der Waals surface area contributed by atoms with Gasteiger partial charge in [-0.15, -0.1) is 11.3 Å². The van der Waals surface area contributed by atoms with Crippen molar-refractivity contribution in [2.75, 3.05) is 0 Å². The molecule has 0 aliphatic rings. The summed E-state index contributed by atoms with van der Waals surface area (Å²) in [6, 6.07) is 8.04. The number of para-hydroxylation sites is 1. The quantitative estimate of drug-likeness (QED) is 0.665. The van der Waals surface area contributed by atoms with Gasteiger partial charge in [-0.25, -0.2) is 4.98 Å². The summed E-state index contributed by atoms with van der Waals surface area (Å²) in [5.41, 5.74) is 1.03. The highest BCUT2D eigenvalue weighted by molar-refractivity contribution is 7.20. The van der Waals surface area contributed by atoms with Crippen LogP contribution in [0.15, 0.2) is 42.0 Å². The Labute approximate surface area is 80.3 Å². The van der Waals surface area contributed by atoms with Crippen LogP contribution in [-0.2, 0) is 0 Å². The fourth-order valence-electron chi connectivity index (χ4n) is 1.06. The summed E-state index contributed by atoms with van der Waals surface area (Å²) in [6.45, 7) is 3.51. The van der Waals surface area contributed by atoms with Crippen molar-refractivity contribution in [3.63, 3.8) is 0 Å². The van der Waals surface area contributed by atoms with Gasteiger partial charge in [-0.1, -0.05) is 18.7 Å². The minimum Gasteiger partial charge on any atom is -0.262 e. The van der Waals surface area contributed by atoms with Crippen molar-refractivity contribution < 1.29 is 0 Å². The summed E-state index contributed by atoms with van der Waals surface area (Å²) in [5.74, 6) is 0. The highest BCUT2D eigenvalue weighted by Gasteiger charge is 1.98. The summed E-state index contributed by atoms with van der Waals surface area (Å²) in [5, 5.41) is 0.918. The van der Waals surface area contributed by atoms with Crippen LogP contribution in [0.2, 0.25) is 0 Å². The molecule has 0 fully saturated rings. The predicted octanol–water partition coefficient (Wildman–Crippen LogP) is 2.86. The molecule has 0 radical (unpaired) electrons. The normalized spacial score (nSPS) is 11.1. The Bertz CT molecular complexity index is 424. The number of fused-ring (bicyclic) bond motifs is 1. The zero-order chi connectivity index (χ0) is 9.10.